The highest BCUT2D eigenvalue weighted by molar-refractivity contribution is 7.10. The number of likely N-dealkylation sites (N-methyl/N-ethyl adjacent to an activating group) is 1. The van der Waals surface area contributed by atoms with E-state index in [0.717, 1.165) is 11.5 Å². The summed E-state index contributed by atoms with van der Waals surface area (Å²) in [6.45, 7) is 3.82. The Balaban J connectivity index is 1.97. The first kappa shape index (κ1) is 18.9. The van der Waals surface area contributed by atoms with Crippen LogP contribution in [0.3, 0.4) is 0 Å². The van der Waals surface area contributed by atoms with Gasteiger partial charge in [-0.25, -0.2) is 9.18 Å². The van der Waals surface area contributed by atoms with Crippen molar-refractivity contribution in [1.29, 1.82) is 0 Å². The van der Waals surface area contributed by atoms with Crippen LogP contribution in [0, 0.1) is 12.7 Å². The topological polar surface area (TPSA) is 71.5 Å². The van der Waals surface area contributed by atoms with Crippen LogP contribution < -0.4 is 5.32 Å². The van der Waals surface area contributed by atoms with Crippen LogP contribution in [0.5, 0.6) is 0 Å². The molecule has 6 nitrogen and oxygen atoms in total. The average molecular weight is 365 g/mol. The molecule has 0 saturated heterocycles. The predicted molar refractivity (Wildman–Crippen MR) is 94.2 cm³/mol. The van der Waals surface area contributed by atoms with E-state index in [1.807, 2.05) is 6.92 Å². The van der Waals surface area contributed by atoms with Crippen LogP contribution in [0.1, 0.15) is 28.5 Å². The van der Waals surface area contributed by atoms with E-state index in [1.54, 1.807) is 26.1 Å². The lowest BCUT2D eigenvalue weighted by Crippen LogP contribution is -2.34. The Labute approximate surface area is 149 Å². The van der Waals surface area contributed by atoms with Gasteiger partial charge in [-0.3, -0.25) is 4.79 Å². The number of benzene rings is 1. The molecule has 0 bridgehead atoms. The zero-order valence-electron chi connectivity index (χ0n) is 14.3. The number of ether oxygens (including phenoxy) is 1. The lowest BCUT2D eigenvalue weighted by Gasteiger charge is -2.21. The molecule has 134 valence electrons. The largest absolute Gasteiger partial charge is 0.452 e. The van der Waals surface area contributed by atoms with Gasteiger partial charge in [0, 0.05) is 20.1 Å². The van der Waals surface area contributed by atoms with Gasteiger partial charge < -0.3 is 15.0 Å². The summed E-state index contributed by atoms with van der Waals surface area (Å²) in [7, 11) is 1.69. The van der Waals surface area contributed by atoms with Crippen molar-refractivity contribution in [3.8, 4) is 0 Å². The number of amides is 1. The van der Waals surface area contributed by atoms with Crippen LogP contribution in [0.2, 0.25) is 0 Å². The predicted octanol–water partition coefficient (Wildman–Crippen LogP) is 2.84. The Morgan fingerprint density at radius 1 is 1.40 bits per heavy atom. The van der Waals surface area contributed by atoms with Gasteiger partial charge in [-0.05, 0) is 43.1 Å². The number of esters is 1. The summed E-state index contributed by atoms with van der Waals surface area (Å²) in [6.07, 6.45) is 0. The normalized spacial score (nSPS) is 10.4. The number of anilines is 1. The Morgan fingerprint density at radius 3 is 2.80 bits per heavy atom. The fraction of sp³-hybridized carbons (Fsp3) is 0.353. The van der Waals surface area contributed by atoms with Gasteiger partial charge in [0.15, 0.2) is 6.61 Å². The maximum absolute atomic E-state index is 13.3. The second-order valence-electron chi connectivity index (χ2n) is 5.34. The number of nitrogens with zero attached hydrogens (tertiary/aromatic N) is 2. The Kier molecular flexibility index (Phi) is 6.46. The number of nitrogens with one attached hydrogen (secondary N) is 1. The summed E-state index contributed by atoms with van der Waals surface area (Å²) in [6, 6.07) is 6.06. The van der Waals surface area contributed by atoms with Gasteiger partial charge in [-0.15, -0.1) is 0 Å². The Morgan fingerprint density at radius 2 is 2.16 bits per heavy atom. The molecular weight excluding hydrogens is 345 g/mol. The highest BCUT2D eigenvalue weighted by Crippen LogP contribution is 2.24. The van der Waals surface area contributed by atoms with E-state index < -0.39 is 5.97 Å². The van der Waals surface area contributed by atoms with Crippen molar-refractivity contribution >= 4 is 28.4 Å². The molecule has 0 aliphatic heterocycles. The Hall–Kier alpha value is -2.48. The first-order chi connectivity index (χ1) is 12.0. The molecule has 1 N–H and O–H groups in total. The molecule has 8 heteroatoms. The van der Waals surface area contributed by atoms with E-state index in [2.05, 4.69) is 9.69 Å². The highest BCUT2D eigenvalue weighted by Gasteiger charge is 2.21. The summed E-state index contributed by atoms with van der Waals surface area (Å²) in [5, 5.41) is 3.48. The quantitative estimate of drug-likeness (QED) is 0.764. The van der Waals surface area contributed by atoms with Gasteiger partial charge >= 0.3 is 5.97 Å². The molecule has 0 saturated carbocycles. The van der Waals surface area contributed by atoms with Gasteiger partial charge in [-0.2, -0.15) is 4.37 Å². The molecule has 0 aliphatic carbocycles. The molecule has 2 aromatic rings. The number of hydrogen-bond donors (Lipinski definition) is 1. The SMILES string of the molecule is CCN(Cc1cccc(F)c1)C(=O)COC(=O)c1c(C)nsc1NC. The number of rotatable bonds is 7. The fourth-order valence-corrected chi connectivity index (χ4v) is 3.04. The molecule has 0 spiro atoms. The number of carbonyl (C=O) groups excluding carboxylic acids is 2. The molecule has 0 unspecified atom stereocenters. The molecular formula is C17H20FN3O3S. The molecule has 0 fully saturated rings. The lowest BCUT2D eigenvalue weighted by atomic mass is 10.2. The third-order valence-corrected chi connectivity index (χ3v) is 4.57. The van der Waals surface area contributed by atoms with Gasteiger partial charge in [0.1, 0.15) is 16.4 Å². The number of carbonyl (C=O) groups is 2. The minimum absolute atomic E-state index is 0.255. The highest BCUT2D eigenvalue weighted by atomic mass is 32.1. The van der Waals surface area contributed by atoms with E-state index in [9.17, 15) is 14.0 Å². The van der Waals surface area contributed by atoms with E-state index in [-0.39, 0.29) is 24.9 Å². The maximum atomic E-state index is 13.3. The molecule has 1 amide bonds. The van der Waals surface area contributed by atoms with Crippen molar-refractivity contribution in [3.05, 3.63) is 46.9 Å². The smallest absolute Gasteiger partial charge is 0.343 e. The van der Waals surface area contributed by atoms with E-state index in [4.69, 9.17) is 4.74 Å². The van der Waals surface area contributed by atoms with Crippen molar-refractivity contribution in [1.82, 2.24) is 9.27 Å². The van der Waals surface area contributed by atoms with Crippen molar-refractivity contribution < 1.29 is 18.7 Å². The van der Waals surface area contributed by atoms with Crippen molar-refractivity contribution in [2.24, 2.45) is 0 Å². The van der Waals surface area contributed by atoms with E-state index >= 15 is 0 Å². The fourth-order valence-electron chi connectivity index (χ4n) is 2.30. The third-order valence-electron chi connectivity index (χ3n) is 3.62. The van der Waals surface area contributed by atoms with Gasteiger partial charge in [0.25, 0.3) is 5.91 Å². The lowest BCUT2D eigenvalue weighted by molar-refractivity contribution is -0.134. The zero-order chi connectivity index (χ0) is 18.4. The third kappa shape index (κ3) is 4.76. The molecule has 1 aromatic heterocycles. The van der Waals surface area contributed by atoms with Crippen LogP contribution in [-0.2, 0) is 16.1 Å². The second-order valence-corrected chi connectivity index (χ2v) is 6.11. The minimum Gasteiger partial charge on any atom is -0.452 e. The maximum Gasteiger partial charge on any atom is 0.343 e. The number of aryl methyl sites for hydroxylation is 1. The van der Waals surface area contributed by atoms with Crippen LogP contribution >= 0.6 is 11.5 Å². The summed E-state index contributed by atoms with van der Waals surface area (Å²) >= 11 is 1.16. The van der Waals surface area contributed by atoms with E-state index in [1.165, 1.54) is 17.0 Å². The van der Waals surface area contributed by atoms with Crippen molar-refractivity contribution in [3.63, 3.8) is 0 Å². The monoisotopic (exact) mass is 365 g/mol. The first-order valence-electron chi connectivity index (χ1n) is 7.79. The van der Waals surface area contributed by atoms with Crippen LogP contribution in [0.15, 0.2) is 24.3 Å². The first-order valence-corrected chi connectivity index (χ1v) is 8.57. The minimum atomic E-state index is -0.592. The number of halogens is 1. The van der Waals surface area contributed by atoms with Gasteiger partial charge in [0.2, 0.25) is 0 Å². The zero-order valence-corrected chi connectivity index (χ0v) is 15.2. The summed E-state index contributed by atoms with van der Waals surface area (Å²) in [5.41, 5.74) is 1.57. The standard InChI is InChI=1S/C17H20FN3O3S/c1-4-21(9-12-6-5-7-13(18)8-12)14(22)10-24-17(23)15-11(2)20-25-16(15)19-3/h5-8,19H,4,9-10H2,1-3H3. The molecule has 1 aromatic carbocycles. The number of hydrogen-bond acceptors (Lipinski definition) is 6. The van der Waals surface area contributed by atoms with Gasteiger partial charge in [-0.1, -0.05) is 12.1 Å². The second kappa shape index (κ2) is 8.57. The van der Waals surface area contributed by atoms with Crippen molar-refractivity contribution in [2.75, 3.05) is 25.5 Å². The molecule has 1 heterocycles. The molecule has 0 radical (unpaired) electrons. The number of aromatic nitrogens is 1. The summed E-state index contributed by atoms with van der Waals surface area (Å²) < 4.78 is 22.5. The molecule has 0 atom stereocenters. The van der Waals surface area contributed by atoms with Crippen molar-refractivity contribution in [2.45, 2.75) is 20.4 Å². The molecule has 2 rings (SSSR count). The van der Waals surface area contributed by atoms with Crippen LogP contribution in [0.25, 0.3) is 0 Å². The molecule has 0 aliphatic rings. The van der Waals surface area contributed by atoms with Gasteiger partial charge in [0.05, 0.1) is 5.69 Å². The van der Waals surface area contributed by atoms with Crippen LogP contribution in [0.4, 0.5) is 9.39 Å². The summed E-state index contributed by atoms with van der Waals surface area (Å²) in [5.74, 6) is -1.29. The van der Waals surface area contributed by atoms with E-state index in [0.29, 0.717) is 28.4 Å². The Bertz CT molecular complexity index is 763. The average Bonchev–Trinajstić information content (AvgIpc) is 2.98. The summed E-state index contributed by atoms with van der Waals surface area (Å²) in [4.78, 5) is 26.0. The van der Waals surface area contributed by atoms with Crippen LogP contribution in [-0.4, -0.2) is 41.3 Å². The molecule has 25 heavy (non-hydrogen) atoms.